The van der Waals surface area contributed by atoms with Gasteiger partial charge >= 0.3 is 52.9 Å². The van der Waals surface area contributed by atoms with Crippen LogP contribution in [0.15, 0.2) is 14.4 Å². The lowest BCUT2D eigenvalue weighted by Crippen LogP contribution is -2.55. The van der Waals surface area contributed by atoms with Crippen molar-refractivity contribution in [3.8, 4) is 0 Å². The Morgan fingerprint density at radius 3 is 0.863 bits per heavy atom. The molecule has 1 heterocycles. The Bertz CT molecular complexity index is 1440. The number of ether oxygens (including phenoxy) is 3. The lowest BCUT2D eigenvalue weighted by molar-refractivity contribution is -0.160. The maximum Gasteiger partial charge on any atom is 0.336 e. The van der Waals surface area contributed by atoms with Crippen molar-refractivity contribution >= 4 is 35.8 Å². The number of aliphatic carboxylic acids is 3. The van der Waals surface area contributed by atoms with Crippen molar-refractivity contribution in [3.63, 3.8) is 0 Å². The molecule has 1 aromatic rings. The summed E-state index contributed by atoms with van der Waals surface area (Å²) in [7, 11) is 0. The predicted molar refractivity (Wildman–Crippen MR) is 171 cm³/mol. The SMILES string of the molecule is O=C(O)C1CCCCC1C(=O)OCCn1c(=O)n(CCOC(=O)C2CCCCC2C(=O)O)c(=O)n(CCOC(=O)C2CCCCC2C(=O)O)c1=O. The van der Waals surface area contributed by atoms with Gasteiger partial charge in [-0.25, -0.2) is 28.1 Å². The summed E-state index contributed by atoms with van der Waals surface area (Å²) in [5.41, 5.74) is -3.38. The van der Waals surface area contributed by atoms with Gasteiger partial charge in [0.1, 0.15) is 19.8 Å². The van der Waals surface area contributed by atoms with Gasteiger partial charge < -0.3 is 29.5 Å². The molecule has 3 N–H and O–H groups in total. The van der Waals surface area contributed by atoms with E-state index in [1.165, 1.54) is 0 Å². The topological polar surface area (TPSA) is 257 Å². The van der Waals surface area contributed by atoms with E-state index in [0.29, 0.717) is 90.8 Å². The molecule has 0 amide bonds. The Morgan fingerprint density at radius 2 is 0.647 bits per heavy atom. The van der Waals surface area contributed by atoms with Crippen LogP contribution in [-0.4, -0.2) is 84.7 Å². The fourth-order valence-electron chi connectivity index (χ4n) is 7.42. The molecule has 3 aliphatic carbocycles. The van der Waals surface area contributed by atoms with E-state index in [1.54, 1.807) is 0 Å². The van der Waals surface area contributed by atoms with Gasteiger partial charge in [-0.3, -0.25) is 28.8 Å². The maximum absolute atomic E-state index is 13.4. The van der Waals surface area contributed by atoms with Crippen LogP contribution in [0.5, 0.6) is 0 Å². The zero-order valence-electron chi connectivity index (χ0n) is 28.3. The van der Waals surface area contributed by atoms with Crippen molar-refractivity contribution in [3.05, 3.63) is 31.5 Å². The third-order valence-corrected chi connectivity index (χ3v) is 10.2. The summed E-state index contributed by atoms with van der Waals surface area (Å²) in [6.45, 7) is -3.14. The fraction of sp³-hybridized carbons (Fsp3) is 0.727. The number of aromatic nitrogens is 3. The first-order valence-electron chi connectivity index (χ1n) is 17.5. The zero-order valence-corrected chi connectivity index (χ0v) is 28.3. The molecule has 0 radical (unpaired) electrons. The van der Waals surface area contributed by atoms with Crippen LogP contribution >= 0.6 is 0 Å². The largest absolute Gasteiger partial charge is 0.481 e. The van der Waals surface area contributed by atoms with Gasteiger partial charge in [-0.2, -0.15) is 0 Å². The number of carboxylic acids is 3. The van der Waals surface area contributed by atoms with Gasteiger partial charge in [0.05, 0.1) is 55.1 Å². The second kappa shape index (κ2) is 17.9. The summed E-state index contributed by atoms with van der Waals surface area (Å²) < 4.78 is 17.6. The predicted octanol–water partition coefficient (Wildman–Crippen LogP) is 0.474. The Balaban J connectivity index is 1.51. The molecule has 0 bridgehead atoms. The van der Waals surface area contributed by atoms with Gasteiger partial charge in [0.2, 0.25) is 0 Å². The van der Waals surface area contributed by atoms with E-state index in [1.807, 2.05) is 0 Å². The van der Waals surface area contributed by atoms with Gasteiger partial charge in [0.15, 0.2) is 0 Å². The van der Waals surface area contributed by atoms with Crippen molar-refractivity contribution in [2.45, 2.75) is 96.7 Å². The molecule has 6 unspecified atom stereocenters. The average molecular weight is 724 g/mol. The molecule has 6 atom stereocenters. The Labute approximate surface area is 291 Å². The number of rotatable bonds is 15. The van der Waals surface area contributed by atoms with E-state index in [2.05, 4.69) is 0 Å². The smallest absolute Gasteiger partial charge is 0.336 e. The molecule has 0 spiro atoms. The van der Waals surface area contributed by atoms with Gasteiger partial charge in [-0.05, 0) is 38.5 Å². The summed E-state index contributed by atoms with van der Waals surface area (Å²) in [6, 6.07) is 0. The standard InChI is InChI=1S/C33H45N3O15/c37-25(38)19-7-1-4-10-22(19)28(43)49-16-13-34-31(46)35(14-17-50-29(44)23-11-5-2-8-20(23)26(39)40)33(48)36(32(34)47)15-18-51-30(45)24-12-6-3-9-21(24)27(41)42/h19-24H,1-18H2,(H,37,38)(H,39,40)(H,41,42). The van der Waals surface area contributed by atoms with Crippen LogP contribution in [0.1, 0.15) is 77.0 Å². The summed E-state index contributed by atoms with van der Waals surface area (Å²) in [5.74, 6) is -11.3. The second-order valence-electron chi connectivity index (χ2n) is 13.3. The zero-order chi connectivity index (χ0) is 37.2. The van der Waals surface area contributed by atoms with Crippen LogP contribution in [-0.2, 0) is 62.6 Å². The molecule has 4 rings (SSSR count). The first-order valence-corrected chi connectivity index (χ1v) is 17.5. The van der Waals surface area contributed by atoms with E-state index in [4.69, 9.17) is 14.2 Å². The third kappa shape index (κ3) is 9.52. The number of hydrogen-bond donors (Lipinski definition) is 3. The number of carbonyl (C=O) groups excluding carboxylic acids is 3. The molecule has 1 aromatic heterocycles. The lowest BCUT2D eigenvalue weighted by Gasteiger charge is -2.27. The first kappa shape index (κ1) is 39.0. The highest BCUT2D eigenvalue weighted by molar-refractivity contribution is 5.82. The summed E-state index contributed by atoms with van der Waals surface area (Å²) in [5, 5.41) is 28.5. The number of nitrogens with zero attached hydrogens (tertiary/aromatic N) is 3. The highest BCUT2D eigenvalue weighted by Crippen LogP contribution is 2.33. The summed E-state index contributed by atoms with van der Waals surface area (Å²) >= 11 is 0. The van der Waals surface area contributed by atoms with Crippen molar-refractivity contribution in [1.82, 2.24) is 13.7 Å². The molecule has 0 saturated heterocycles. The van der Waals surface area contributed by atoms with Crippen LogP contribution in [0, 0.1) is 35.5 Å². The van der Waals surface area contributed by atoms with Gasteiger partial charge in [-0.1, -0.05) is 38.5 Å². The summed E-state index contributed by atoms with van der Waals surface area (Å²) in [6.07, 6.45) is 5.61. The maximum atomic E-state index is 13.4. The molecule has 3 fully saturated rings. The van der Waals surface area contributed by atoms with Crippen molar-refractivity contribution in [2.24, 2.45) is 35.5 Å². The molecule has 18 nitrogen and oxygen atoms in total. The summed E-state index contributed by atoms with van der Waals surface area (Å²) in [4.78, 5) is 114. The number of carboxylic acid groups (broad SMARTS) is 3. The normalized spacial score (nSPS) is 24.9. The lowest BCUT2D eigenvalue weighted by atomic mass is 9.79. The number of esters is 3. The highest BCUT2D eigenvalue weighted by Gasteiger charge is 2.39. The Hall–Kier alpha value is -4.77. The molecular weight excluding hydrogens is 678 g/mol. The van der Waals surface area contributed by atoms with Gasteiger partial charge in [-0.15, -0.1) is 0 Å². The second-order valence-corrected chi connectivity index (χ2v) is 13.3. The van der Waals surface area contributed by atoms with Crippen LogP contribution in [0.2, 0.25) is 0 Å². The molecule has 3 saturated carbocycles. The van der Waals surface area contributed by atoms with Crippen LogP contribution in [0.4, 0.5) is 0 Å². The van der Waals surface area contributed by atoms with Crippen LogP contribution in [0.25, 0.3) is 0 Å². The van der Waals surface area contributed by atoms with Gasteiger partial charge in [0.25, 0.3) is 0 Å². The van der Waals surface area contributed by atoms with Crippen LogP contribution < -0.4 is 17.1 Å². The van der Waals surface area contributed by atoms with Crippen molar-refractivity contribution < 1.29 is 58.3 Å². The van der Waals surface area contributed by atoms with E-state index in [-0.39, 0.29) is 0 Å². The quantitative estimate of drug-likeness (QED) is 0.164. The highest BCUT2D eigenvalue weighted by atomic mass is 16.5. The molecule has 18 heteroatoms. The van der Waals surface area contributed by atoms with E-state index in [0.717, 1.165) is 0 Å². The third-order valence-electron chi connectivity index (χ3n) is 10.2. The van der Waals surface area contributed by atoms with Crippen LogP contribution in [0.3, 0.4) is 0 Å². The first-order chi connectivity index (χ1) is 24.3. The van der Waals surface area contributed by atoms with E-state index < -0.39 is 128 Å². The monoisotopic (exact) mass is 723 g/mol. The minimum Gasteiger partial charge on any atom is -0.481 e. The van der Waals surface area contributed by atoms with E-state index >= 15 is 0 Å². The number of hydrogen-bond acceptors (Lipinski definition) is 12. The fourth-order valence-corrected chi connectivity index (χ4v) is 7.42. The molecule has 282 valence electrons. The Kier molecular flexibility index (Phi) is 13.7. The van der Waals surface area contributed by atoms with E-state index in [9.17, 15) is 58.5 Å². The molecular formula is C33H45N3O15. The Morgan fingerprint density at radius 1 is 0.431 bits per heavy atom. The molecule has 0 aromatic carbocycles. The van der Waals surface area contributed by atoms with Crippen molar-refractivity contribution in [1.29, 1.82) is 0 Å². The molecule has 0 aliphatic heterocycles. The minimum absolute atomic E-state index is 0.299. The van der Waals surface area contributed by atoms with Crippen molar-refractivity contribution in [2.75, 3.05) is 19.8 Å². The average Bonchev–Trinajstić information content (AvgIpc) is 3.12. The molecule has 3 aliphatic rings. The molecule has 51 heavy (non-hydrogen) atoms. The number of carbonyl (C=O) groups is 6. The van der Waals surface area contributed by atoms with Gasteiger partial charge in [0, 0.05) is 0 Å². The minimum atomic E-state index is -1.13.